The van der Waals surface area contributed by atoms with Crippen LogP contribution in [-0.2, 0) is 10.0 Å². The van der Waals surface area contributed by atoms with E-state index in [9.17, 15) is 8.42 Å². The molecule has 2 aromatic heterocycles. The number of rotatable bonds is 4. The van der Waals surface area contributed by atoms with Crippen LogP contribution in [0.2, 0.25) is 0 Å². The highest BCUT2D eigenvalue weighted by molar-refractivity contribution is 7.89. The fourth-order valence-electron chi connectivity index (χ4n) is 3.34. The Hall–Kier alpha value is -1.67. The molecule has 0 saturated heterocycles. The number of aromatic amines is 1. The number of nitrogens with one attached hydrogen (secondary N) is 1. The lowest BCUT2D eigenvalue weighted by molar-refractivity contribution is 0.341. The maximum absolute atomic E-state index is 11.2. The number of H-pyrrole nitrogens is 1. The van der Waals surface area contributed by atoms with E-state index in [1.807, 2.05) is 19.3 Å². The van der Waals surface area contributed by atoms with Crippen LogP contribution in [-0.4, -0.2) is 42.2 Å². The monoisotopic (exact) mass is 323 g/mol. The Morgan fingerprint density at radius 2 is 2.05 bits per heavy atom. The Balaban J connectivity index is 1.70. The number of hydrogen-bond acceptors (Lipinski definition) is 5. The highest BCUT2D eigenvalue weighted by Gasteiger charge is 2.27. The average molecular weight is 323 g/mol. The molecule has 2 heterocycles. The van der Waals surface area contributed by atoms with Gasteiger partial charge in [-0.3, -0.25) is 0 Å². The predicted octanol–water partition coefficient (Wildman–Crippen LogP) is 1.24. The highest BCUT2D eigenvalue weighted by Crippen LogP contribution is 2.31. The van der Waals surface area contributed by atoms with E-state index in [4.69, 9.17) is 5.14 Å². The zero-order valence-corrected chi connectivity index (χ0v) is 13.4. The van der Waals surface area contributed by atoms with Crippen molar-refractivity contribution in [1.29, 1.82) is 0 Å². The molecule has 1 saturated carbocycles. The Bertz CT molecular complexity index is 749. The van der Waals surface area contributed by atoms with E-state index in [1.54, 1.807) is 6.33 Å². The molecule has 1 aliphatic carbocycles. The topological polar surface area (TPSA) is 105 Å². The van der Waals surface area contributed by atoms with Crippen molar-refractivity contribution in [1.82, 2.24) is 15.0 Å². The molecular formula is C14H21N5O2S. The van der Waals surface area contributed by atoms with Crippen LogP contribution in [0.5, 0.6) is 0 Å². The summed E-state index contributed by atoms with van der Waals surface area (Å²) in [6.45, 7) is 0. The van der Waals surface area contributed by atoms with Gasteiger partial charge in [-0.2, -0.15) is 0 Å². The van der Waals surface area contributed by atoms with Gasteiger partial charge in [0.2, 0.25) is 10.0 Å². The summed E-state index contributed by atoms with van der Waals surface area (Å²) < 4.78 is 22.4. The van der Waals surface area contributed by atoms with Crippen LogP contribution in [0.4, 0.5) is 5.82 Å². The SMILES string of the molecule is CN(c1ncnc2[nH]ccc12)C1CCC(CS(N)(=O)=O)CC1. The summed E-state index contributed by atoms with van der Waals surface area (Å²) in [5.74, 6) is 1.19. The first-order chi connectivity index (χ1) is 10.4. The van der Waals surface area contributed by atoms with E-state index in [0.717, 1.165) is 42.5 Å². The number of nitrogens with two attached hydrogens (primary N) is 1. The molecule has 0 spiro atoms. The van der Waals surface area contributed by atoms with Crippen LogP contribution in [0.15, 0.2) is 18.6 Å². The fourth-order valence-corrected chi connectivity index (χ4v) is 4.33. The number of anilines is 1. The van der Waals surface area contributed by atoms with Gasteiger partial charge in [-0.1, -0.05) is 0 Å². The van der Waals surface area contributed by atoms with E-state index in [0.29, 0.717) is 6.04 Å². The molecule has 22 heavy (non-hydrogen) atoms. The van der Waals surface area contributed by atoms with Crippen LogP contribution in [0.25, 0.3) is 11.0 Å². The predicted molar refractivity (Wildman–Crippen MR) is 86.0 cm³/mol. The van der Waals surface area contributed by atoms with Crippen LogP contribution in [0.3, 0.4) is 0 Å². The van der Waals surface area contributed by atoms with Gasteiger partial charge in [-0.15, -0.1) is 0 Å². The van der Waals surface area contributed by atoms with Gasteiger partial charge in [0.25, 0.3) is 0 Å². The van der Waals surface area contributed by atoms with Crippen molar-refractivity contribution >= 4 is 26.9 Å². The number of primary sulfonamides is 1. The third-order valence-corrected chi connectivity index (χ3v) is 5.44. The first kappa shape index (κ1) is 15.2. The maximum atomic E-state index is 11.2. The largest absolute Gasteiger partial charge is 0.356 e. The smallest absolute Gasteiger partial charge is 0.209 e. The van der Waals surface area contributed by atoms with Gasteiger partial charge >= 0.3 is 0 Å². The van der Waals surface area contributed by atoms with Gasteiger partial charge in [-0.25, -0.2) is 23.5 Å². The summed E-state index contributed by atoms with van der Waals surface area (Å²) in [5, 5.41) is 6.15. The minimum absolute atomic E-state index is 0.0962. The lowest BCUT2D eigenvalue weighted by Crippen LogP contribution is -2.37. The molecule has 120 valence electrons. The van der Waals surface area contributed by atoms with E-state index in [-0.39, 0.29) is 11.7 Å². The number of aromatic nitrogens is 3. The van der Waals surface area contributed by atoms with E-state index in [1.165, 1.54) is 0 Å². The first-order valence-corrected chi connectivity index (χ1v) is 9.17. The molecule has 1 fully saturated rings. The van der Waals surface area contributed by atoms with Gasteiger partial charge in [0, 0.05) is 19.3 Å². The molecule has 3 N–H and O–H groups in total. The van der Waals surface area contributed by atoms with Crippen molar-refractivity contribution in [2.45, 2.75) is 31.7 Å². The maximum Gasteiger partial charge on any atom is 0.209 e. The van der Waals surface area contributed by atoms with Crippen LogP contribution in [0, 0.1) is 5.92 Å². The Labute approximate surface area is 130 Å². The number of nitrogens with zero attached hydrogens (tertiary/aromatic N) is 3. The zero-order valence-electron chi connectivity index (χ0n) is 12.6. The van der Waals surface area contributed by atoms with Crippen LogP contribution < -0.4 is 10.0 Å². The summed E-state index contributed by atoms with van der Waals surface area (Å²) in [4.78, 5) is 13.9. The second-order valence-corrected chi connectivity index (χ2v) is 7.71. The first-order valence-electron chi connectivity index (χ1n) is 7.45. The summed E-state index contributed by atoms with van der Waals surface area (Å²) in [7, 11) is -1.33. The Kier molecular flexibility index (Phi) is 4.05. The summed E-state index contributed by atoms with van der Waals surface area (Å²) in [6, 6.07) is 2.35. The minimum atomic E-state index is -3.37. The number of sulfonamides is 1. The van der Waals surface area contributed by atoms with Crippen molar-refractivity contribution in [3.63, 3.8) is 0 Å². The van der Waals surface area contributed by atoms with Gasteiger partial charge in [-0.05, 0) is 37.7 Å². The van der Waals surface area contributed by atoms with Gasteiger partial charge in [0.05, 0.1) is 11.1 Å². The molecule has 0 unspecified atom stereocenters. The third-order valence-electron chi connectivity index (χ3n) is 4.50. The molecule has 7 nitrogen and oxygen atoms in total. The third kappa shape index (κ3) is 3.22. The standard InChI is InChI=1S/C14H21N5O2S/c1-19(14-12-6-7-16-13(12)17-9-18-14)11-4-2-10(3-5-11)8-22(15,20)21/h6-7,9-11H,2-5,8H2,1H3,(H2,15,20,21)(H,16,17,18). The second-order valence-electron chi connectivity index (χ2n) is 6.05. The van der Waals surface area contributed by atoms with Gasteiger partial charge < -0.3 is 9.88 Å². The molecule has 0 aliphatic heterocycles. The van der Waals surface area contributed by atoms with Gasteiger partial charge in [0.15, 0.2) is 0 Å². The summed E-state index contributed by atoms with van der Waals surface area (Å²) in [5.41, 5.74) is 0.833. The molecule has 0 amide bonds. The second kappa shape index (κ2) is 5.85. The van der Waals surface area contributed by atoms with Crippen molar-refractivity contribution in [3.8, 4) is 0 Å². The Morgan fingerprint density at radius 1 is 1.32 bits per heavy atom. The zero-order chi connectivity index (χ0) is 15.7. The molecule has 0 radical (unpaired) electrons. The normalized spacial score (nSPS) is 22.8. The van der Waals surface area contributed by atoms with E-state index < -0.39 is 10.0 Å². The molecule has 0 bridgehead atoms. The molecular weight excluding hydrogens is 302 g/mol. The molecule has 0 aromatic carbocycles. The summed E-state index contributed by atoms with van der Waals surface area (Å²) in [6.07, 6.45) is 7.09. The molecule has 0 atom stereocenters. The van der Waals surface area contributed by atoms with Crippen LogP contribution in [0.1, 0.15) is 25.7 Å². The van der Waals surface area contributed by atoms with Crippen molar-refractivity contribution in [3.05, 3.63) is 18.6 Å². The number of hydrogen-bond donors (Lipinski definition) is 2. The van der Waals surface area contributed by atoms with Crippen LogP contribution >= 0.6 is 0 Å². The Morgan fingerprint density at radius 3 is 2.73 bits per heavy atom. The lowest BCUT2D eigenvalue weighted by Gasteiger charge is -2.35. The highest BCUT2D eigenvalue weighted by atomic mass is 32.2. The summed E-state index contributed by atoms with van der Waals surface area (Å²) >= 11 is 0. The van der Waals surface area contributed by atoms with Gasteiger partial charge in [0.1, 0.15) is 17.8 Å². The average Bonchev–Trinajstić information content (AvgIpc) is 2.94. The minimum Gasteiger partial charge on any atom is -0.356 e. The molecule has 3 rings (SSSR count). The number of fused-ring (bicyclic) bond motifs is 1. The molecule has 8 heteroatoms. The quantitative estimate of drug-likeness (QED) is 0.881. The lowest BCUT2D eigenvalue weighted by atomic mass is 9.86. The van der Waals surface area contributed by atoms with Crippen molar-refractivity contribution in [2.75, 3.05) is 17.7 Å². The van der Waals surface area contributed by atoms with Crippen molar-refractivity contribution in [2.24, 2.45) is 11.1 Å². The molecule has 2 aromatic rings. The van der Waals surface area contributed by atoms with Crippen molar-refractivity contribution < 1.29 is 8.42 Å². The fraction of sp³-hybridized carbons (Fsp3) is 0.571. The van der Waals surface area contributed by atoms with E-state index >= 15 is 0 Å². The van der Waals surface area contributed by atoms with E-state index in [2.05, 4.69) is 19.9 Å². The molecule has 1 aliphatic rings.